The zero-order valence-corrected chi connectivity index (χ0v) is 15.0. The van der Waals surface area contributed by atoms with E-state index in [-0.39, 0.29) is 0 Å². The number of pyridine rings is 1. The number of nitrogens with zero attached hydrogens (tertiary/aromatic N) is 2. The summed E-state index contributed by atoms with van der Waals surface area (Å²) in [5, 5.41) is 17.7. The summed E-state index contributed by atoms with van der Waals surface area (Å²) in [5.41, 5.74) is 2.89. The first-order valence-electron chi connectivity index (χ1n) is 8.28. The molecule has 2 heterocycles. The number of carbonyl (C=O) groups is 1. The number of aromatic nitrogens is 3. The van der Waals surface area contributed by atoms with E-state index in [2.05, 4.69) is 15.2 Å². The first-order chi connectivity index (χ1) is 13.2. The van der Waals surface area contributed by atoms with E-state index >= 15 is 0 Å². The lowest BCUT2D eigenvalue weighted by Crippen LogP contribution is -1.97. The fourth-order valence-electron chi connectivity index (χ4n) is 2.71. The molecule has 0 bridgehead atoms. The largest absolute Gasteiger partial charge is 0.478 e. The quantitative estimate of drug-likeness (QED) is 0.516. The Hall–Kier alpha value is -3.38. The van der Waals surface area contributed by atoms with Gasteiger partial charge in [0, 0.05) is 21.4 Å². The monoisotopic (exact) mass is 373 g/mol. The smallest absolute Gasteiger partial charge is 0.336 e. The molecule has 0 saturated carbocycles. The number of carboxylic acids is 1. The lowest BCUT2D eigenvalue weighted by molar-refractivity contribution is 0.0693. The van der Waals surface area contributed by atoms with Crippen LogP contribution >= 0.6 is 11.8 Å². The Labute approximate surface area is 159 Å². The van der Waals surface area contributed by atoms with Gasteiger partial charge >= 0.3 is 5.97 Å². The lowest BCUT2D eigenvalue weighted by Gasteiger charge is -2.05. The Balaban J connectivity index is 1.61. The zero-order valence-electron chi connectivity index (χ0n) is 14.2. The molecule has 2 aromatic heterocycles. The van der Waals surface area contributed by atoms with Crippen LogP contribution in [-0.4, -0.2) is 26.3 Å². The molecule has 0 aliphatic heterocycles. The van der Waals surface area contributed by atoms with Crippen LogP contribution in [0, 0.1) is 0 Å². The van der Waals surface area contributed by atoms with E-state index < -0.39 is 5.97 Å². The minimum atomic E-state index is -0.928. The van der Waals surface area contributed by atoms with Crippen LogP contribution in [-0.2, 0) is 0 Å². The second-order valence-electron chi connectivity index (χ2n) is 5.81. The van der Waals surface area contributed by atoms with E-state index in [1.54, 1.807) is 18.3 Å². The number of H-pyrrole nitrogens is 1. The van der Waals surface area contributed by atoms with Gasteiger partial charge in [0.05, 0.1) is 22.5 Å². The third kappa shape index (κ3) is 3.75. The maximum absolute atomic E-state index is 11.4. The molecule has 132 valence electrons. The van der Waals surface area contributed by atoms with Crippen molar-refractivity contribution in [3.63, 3.8) is 0 Å². The molecule has 0 atom stereocenters. The predicted octanol–water partition coefficient (Wildman–Crippen LogP) is 4.98. The first-order valence-corrected chi connectivity index (χ1v) is 9.10. The standard InChI is InChI=1S/C21H15N3O2S/c25-21(26)17-6-1-2-7-20(17)27-15-9-10-16-18(23-24-19(16)13-15)11-8-14-5-3-4-12-22-14/h1-13H,(H,23,24)(H,25,26). The lowest BCUT2D eigenvalue weighted by atomic mass is 10.2. The highest BCUT2D eigenvalue weighted by molar-refractivity contribution is 7.99. The molecule has 27 heavy (non-hydrogen) atoms. The van der Waals surface area contributed by atoms with E-state index in [4.69, 9.17) is 0 Å². The number of aromatic carboxylic acids is 1. The second kappa shape index (κ2) is 7.47. The average Bonchev–Trinajstić information content (AvgIpc) is 3.10. The first kappa shape index (κ1) is 17.1. The number of hydrogen-bond acceptors (Lipinski definition) is 4. The normalized spacial score (nSPS) is 11.3. The van der Waals surface area contributed by atoms with Gasteiger partial charge in [-0.25, -0.2) is 4.79 Å². The maximum Gasteiger partial charge on any atom is 0.336 e. The molecule has 2 N–H and O–H groups in total. The fraction of sp³-hybridized carbons (Fsp3) is 0. The molecule has 0 aliphatic rings. The van der Waals surface area contributed by atoms with Crippen LogP contribution in [0.3, 0.4) is 0 Å². The summed E-state index contributed by atoms with van der Waals surface area (Å²) in [5.74, 6) is -0.928. The molecular weight excluding hydrogens is 358 g/mol. The molecule has 0 saturated heterocycles. The summed E-state index contributed by atoms with van der Waals surface area (Å²) < 4.78 is 0. The minimum absolute atomic E-state index is 0.297. The number of carboxylic acid groups (broad SMARTS) is 1. The Morgan fingerprint density at radius 1 is 1.04 bits per heavy atom. The van der Waals surface area contributed by atoms with E-state index in [9.17, 15) is 9.90 Å². The van der Waals surface area contributed by atoms with Gasteiger partial charge in [0.15, 0.2) is 0 Å². The summed E-state index contributed by atoms with van der Waals surface area (Å²) >= 11 is 1.42. The third-order valence-electron chi connectivity index (χ3n) is 4.01. The van der Waals surface area contributed by atoms with Crippen molar-refractivity contribution >= 4 is 40.8 Å². The Bertz CT molecular complexity index is 1140. The summed E-state index contributed by atoms with van der Waals surface area (Å²) in [6, 6.07) is 18.7. The fourth-order valence-corrected chi connectivity index (χ4v) is 3.69. The Kier molecular flexibility index (Phi) is 4.72. The van der Waals surface area contributed by atoms with Crippen LogP contribution < -0.4 is 0 Å². The van der Waals surface area contributed by atoms with Gasteiger partial charge < -0.3 is 5.11 Å². The number of rotatable bonds is 5. The van der Waals surface area contributed by atoms with Gasteiger partial charge in [-0.05, 0) is 54.6 Å². The van der Waals surface area contributed by atoms with Gasteiger partial charge in [0.1, 0.15) is 0 Å². The maximum atomic E-state index is 11.4. The van der Waals surface area contributed by atoms with Crippen molar-refractivity contribution in [3.8, 4) is 0 Å². The van der Waals surface area contributed by atoms with Crippen LogP contribution in [0.15, 0.2) is 76.7 Å². The molecule has 4 aromatic rings. The van der Waals surface area contributed by atoms with E-state index in [0.717, 1.165) is 27.2 Å². The summed E-state index contributed by atoms with van der Waals surface area (Å²) in [6.07, 6.45) is 5.59. The molecule has 2 aromatic carbocycles. The topological polar surface area (TPSA) is 78.9 Å². The van der Waals surface area contributed by atoms with Gasteiger partial charge in [0.2, 0.25) is 0 Å². The average molecular weight is 373 g/mol. The molecule has 5 nitrogen and oxygen atoms in total. The van der Waals surface area contributed by atoms with Crippen LogP contribution in [0.4, 0.5) is 0 Å². The van der Waals surface area contributed by atoms with Crippen molar-refractivity contribution in [2.45, 2.75) is 9.79 Å². The van der Waals surface area contributed by atoms with Crippen molar-refractivity contribution in [1.29, 1.82) is 0 Å². The van der Waals surface area contributed by atoms with E-state index in [1.807, 2.05) is 60.7 Å². The molecule has 6 heteroatoms. The molecule has 0 amide bonds. The summed E-state index contributed by atoms with van der Waals surface area (Å²) in [6.45, 7) is 0. The van der Waals surface area contributed by atoms with Gasteiger partial charge in [-0.3, -0.25) is 10.1 Å². The van der Waals surface area contributed by atoms with Crippen LogP contribution in [0.5, 0.6) is 0 Å². The van der Waals surface area contributed by atoms with Crippen molar-refractivity contribution < 1.29 is 9.90 Å². The minimum Gasteiger partial charge on any atom is -0.478 e. The third-order valence-corrected chi connectivity index (χ3v) is 5.07. The number of hydrogen-bond donors (Lipinski definition) is 2. The highest BCUT2D eigenvalue weighted by atomic mass is 32.2. The van der Waals surface area contributed by atoms with Crippen LogP contribution in [0.1, 0.15) is 21.7 Å². The van der Waals surface area contributed by atoms with E-state index in [0.29, 0.717) is 10.5 Å². The molecule has 0 aliphatic carbocycles. The highest BCUT2D eigenvalue weighted by Crippen LogP contribution is 2.32. The van der Waals surface area contributed by atoms with E-state index in [1.165, 1.54) is 11.8 Å². The number of benzene rings is 2. The number of nitrogens with one attached hydrogen (secondary N) is 1. The molecule has 0 unspecified atom stereocenters. The number of fused-ring (bicyclic) bond motifs is 1. The summed E-state index contributed by atoms with van der Waals surface area (Å²) in [7, 11) is 0. The molecular formula is C21H15N3O2S. The second-order valence-corrected chi connectivity index (χ2v) is 6.92. The van der Waals surface area contributed by atoms with Crippen molar-refractivity contribution in [2.24, 2.45) is 0 Å². The van der Waals surface area contributed by atoms with Gasteiger partial charge in [-0.15, -0.1) is 0 Å². The van der Waals surface area contributed by atoms with Crippen molar-refractivity contribution in [3.05, 3.63) is 83.8 Å². The van der Waals surface area contributed by atoms with Gasteiger partial charge in [0.25, 0.3) is 0 Å². The predicted molar refractivity (Wildman–Crippen MR) is 107 cm³/mol. The summed E-state index contributed by atoms with van der Waals surface area (Å²) in [4.78, 5) is 17.3. The van der Waals surface area contributed by atoms with Gasteiger partial charge in [-0.2, -0.15) is 5.10 Å². The molecule has 0 spiro atoms. The van der Waals surface area contributed by atoms with Crippen molar-refractivity contribution in [2.75, 3.05) is 0 Å². The Morgan fingerprint density at radius 3 is 2.70 bits per heavy atom. The molecule has 4 rings (SSSR count). The molecule has 0 radical (unpaired) electrons. The Morgan fingerprint density at radius 2 is 1.89 bits per heavy atom. The van der Waals surface area contributed by atoms with Crippen LogP contribution in [0.2, 0.25) is 0 Å². The molecule has 0 fully saturated rings. The number of aromatic amines is 1. The SMILES string of the molecule is O=C(O)c1ccccc1Sc1ccc2c(C=Cc3ccccn3)n[nH]c2c1. The van der Waals surface area contributed by atoms with Gasteiger partial charge in [-0.1, -0.05) is 30.0 Å². The highest BCUT2D eigenvalue weighted by Gasteiger charge is 2.11. The zero-order chi connectivity index (χ0) is 18.6. The van der Waals surface area contributed by atoms with Crippen LogP contribution in [0.25, 0.3) is 23.1 Å². The van der Waals surface area contributed by atoms with Crippen molar-refractivity contribution in [1.82, 2.24) is 15.2 Å².